The van der Waals surface area contributed by atoms with Crippen LogP contribution < -0.4 is 9.47 Å². The van der Waals surface area contributed by atoms with Crippen LogP contribution in [0, 0.1) is 6.92 Å². The fourth-order valence-corrected chi connectivity index (χ4v) is 1.14. The number of aromatic nitrogens is 2. The lowest BCUT2D eigenvalue weighted by molar-refractivity contribution is -0.139. The molecule has 0 spiro atoms. The van der Waals surface area contributed by atoms with Crippen molar-refractivity contribution in [2.24, 2.45) is 7.05 Å². The molecule has 6 nitrogen and oxygen atoms in total. The number of hydrogen-bond acceptors (Lipinski definition) is 4. The monoisotopic (exact) mass is 200 g/mol. The van der Waals surface area contributed by atoms with Gasteiger partial charge < -0.3 is 14.6 Å². The molecule has 0 aromatic carbocycles. The highest BCUT2D eigenvalue weighted by atomic mass is 16.5. The van der Waals surface area contributed by atoms with Crippen LogP contribution in [0.2, 0.25) is 0 Å². The number of methoxy groups -OCH3 is 1. The number of carboxylic acid groups (broad SMARTS) is 1. The highest BCUT2D eigenvalue weighted by Crippen LogP contribution is 2.29. The Bertz CT molecular complexity index is 345. The molecule has 0 saturated carbocycles. The van der Waals surface area contributed by atoms with E-state index in [9.17, 15) is 4.79 Å². The molecular weight excluding hydrogens is 188 g/mol. The molecule has 0 aliphatic carbocycles. The molecule has 0 saturated heterocycles. The quantitative estimate of drug-likeness (QED) is 0.751. The summed E-state index contributed by atoms with van der Waals surface area (Å²) < 4.78 is 11.5. The SMILES string of the molecule is COc1c(OCC(=O)O)c(C)nn1C. The highest BCUT2D eigenvalue weighted by Gasteiger charge is 2.16. The summed E-state index contributed by atoms with van der Waals surface area (Å²) in [5, 5.41) is 12.5. The van der Waals surface area contributed by atoms with Crippen LogP contribution in [0.15, 0.2) is 0 Å². The third-order valence-electron chi connectivity index (χ3n) is 1.65. The van der Waals surface area contributed by atoms with Gasteiger partial charge in [-0.15, -0.1) is 0 Å². The number of rotatable bonds is 4. The number of aryl methyl sites for hydroxylation is 2. The molecule has 1 aromatic heterocycles. The zero-order valence-electron chi connectivity index (χ0n) is 8.27. The highest BCUT2D eigenvalue weighted by molar-refractivity contribution is 5.68. The number of carbonyl (C=O) groups is 1. The first kappa shape index (κ1) is 10.4. The van der Waals surface area contributed by atoms with E-state index in [0.29, 0.717) is 17.3 Å². The maximum atomic E-state index is 10.3. The van der Waals surface area contributed by atoms with Gasteiger partial charge >= 0.3 is 5.97 Å². The number of nitrogens with zero attached hydrogens (tertiary/aromatic N) is 2. The minimum atomic E-state index is -1.03. The van der Waals surface area contributed by atoms with Crippen LogP contribution >= 0.6 is 0 Å². The number of carboxylic acids is 1. The van der Waals surface area contributed by atoms with E-state index in [1.165, 1.54) is 11.8 Å². The van der Waals surface area contributed by atoms with E-state index >= 15 is 0 Å². The van der Waals surface area contributed by atoms with Gasteiger partial charge in [-0.1, -0.05) is 0 Å². The molecule has 0 atom stereocenters. The minimum Gasteiger partial charge on any atom is -0.479 e. The van der Waals surface area contributed by atoms with Crippen molar-refractivity contribution >= 4 is 5.97 Å². The molecule has 0 bridgehead atoms. The predicted molar refractivity (Wildman–Crippen MR) is 47.6 cm³/mol. The molecular formula is C8H12N2O4. The van der Waals surface area contributed by atoms with E-state index in [2.05, 4.69) is 5.10 Å². The predicted octanol–water partition coefficient (Wildman–Crippen LogP) is 0.201. The topological polar surface area (TPSA) is 73.6 Å². The fourth-order valence-electron chi connectivity index (χ4n) is 1.14. The average molecular weight is 200 g/mol. The lowest BCUT2D eigenvalue weighted by Gasteiger charge is -2.04. The van der Waals surface area contributed by atoms with Gasteiger partial charge in [0.15, 0.2) is 6.61 Å². The molecule has 6 heteroatoms. The van der Waals surface area contributed by atoms with Crippen LogP contribution in [0.1, 0.15) is 5.69 Å². The van der Waals surface area contributed by atoms with Gasteiger partial charge in [-0.2, -0.15) is 5.10 Å². The molecule has 0 unspecified atom stereocenters. The summed E-state index contributed by atoms with van der Waals surface area (Å²) in [4.78, 5) is 10.3. The molecule has 1 aromatic rings. The largest absolute Gasteiger partial charge is 0.479 e. The summed E-state index contributed by atoms with van der Waals surface area (Å²) >= 11 is 0. The summed E-state index contributed by atoms with van der Waals surface area (Å²) in [5.41, 5.74) is 0.602. The second-order valence-electron chi connectivity index (χ2n) is 2.73. The summed E-state index contributed by atoms with van der Waals surface area (Å²) in [5.74, 6) is -0.239. The molecule has 1 rings (SSSR count). The summed E-state index contributed by atoms with van der Waals surface area (Å²) in [7, 11) is 3.17. The van der Waals surface area contributed by atoms with Crippen LogP contribution in [-0.2, 0) is 11.8 Å². The first-order valence-electron chi connectivity index (χ1n) is 3.98. The van der Waals surface area contributed by atoms with Crippen LogP contribution in [-0.4, -0.2) is 34.6 Å². The zero-order valence-corrected chi connectivity index (χ0v) is 8.27. The molecule has 1 N–H and O–H groups in total. The Labute approximate surface area is 81.0 Å². The van der Waals surface area contributed by atoms with Gasteiger partial charge in [0.1, 0.15) is 5.69 Å². The molecule has 0 aliphatic heterocycles. The first-order chi connectivity index (χ1) is 6.56. The fraction of sp³-hybridized carbons (Fsp3) is 0.500. The first-order valence-corrected chi connectivity index (χ1v) is 3.98. The number of ether oxygens (including phenoxy) is 2. The lowest BCUT2D eigenvalue weighted by Crippen LogP contribution is -2.10. The van der Waals surface area contributed by atoms with E-state index in [4.69, 9.17) is 14.6 Å². The van der Waals surface area contributed by atoms with Crippen molar-refractivity contribution in [2.75, 3.05) is 13.7 Å². The van der Waals surface area contributed by atoms with Crippen molar-refractivity contribution in [3.63, 3.8) is 0 Å². The van der Waals surface area contributed by atoms with Crippen molar-refractivity contribution in [3.05, 3.63) is 5.69 Å². The van der Waals surface area contributed by atoms with Crippen molar-refractivity contribution in [3.8, 4) is 11.6 Å². The number of aliphatic carboxylic acids is 1. The third kappa shape index (κ3) is 1.95. The molecule has 0 amide bonds. The second kappa shape index (κ2) is 3.99. The van der Waals surface area contributed by atoms with Crippen molar-refractivity contribution in [2.45, 2.75) is 6.92 Å². The van der Waals surface area contributed by atoms with E-state index in [1.807, 2.05) is 0 Å². The smallest absolute Gasteiger partial charge is 0.341 e. The van der Waals surface area contributed by atoms with Crippen LogP contribution in [0.4, 0.5) is 0 Å². The minimum absolute atomic E-state index is 0.373. The van der Waals surface area contributed by atoms with Crippen LogP contribution in [0.5, 0.6) is 11.6 Å². The summed E-state index contributed by atoms with van der Waals surface area (Å²) in [6, 6.07) is 0. The van der Waals surface area contributed by atoms with E-state index in [-0.39, 0.29) is 0 Å². The average Bonchev–Trinajstić information content (AvgIpc) is 2.36. The van der Waals surface area contributed by atoms with Gasteiger partial charge in [0.25, 0.3) is 5.88 Å². The van der Waals surface area contributed by atoms with Gasteiger partial charge in [0.2, 0.25) is 5.75 Å². The van der Waals surface area contributed by atoms with Gasteiger partial charge in [0, 0.05) is 7.05 Å². The summed E-state index contributed by atoms with van der Waals surface area (Å²) in [6.07, 6.45) is 0. The molecule has 0 aliphatic rings. The van der Waals surface area contributed by atoms with Gasteiger partial charge in [-0.3, -0.25) is 0 Å². The van der Waals surface area contributed by atoms with Crippen molar-refractivity contribution in [1.82, 2.24) is 9.78 Å². The number of hydrogen-bond donors (Lipinski definition) is 1. The van der Waals surface area contributed by atoms with Gasteiger partial charge in [0.05, 0.1) is 7.11 Å². The molecule has 78 valence electrons. The maximum absolute atomic E-state index is 10.3. The Hall–Kier alpha value is -1.72. The van der Waals surface area contributed by atoms with Crippen LogP contribution in [0.3, 0.4) is 0 Å². The Morgan fingerprint density at radius 1 is 1.64 bits per heavy atom. The lowest BCUT2D eigenvalue weighted by atomic mass is 10.4. The van der Waals surface area contributed by atoms with Gasteiger partial charge in [-0.05, 0) is 6.92 Å². The Kier molecular flexibility index (Phi) is 2.95. The molecule has 0 fully saturated rings. The third-order valence-corrected chi connectivity index (χ3v) is 1.65. The standard InChI is InChI=1S/C8H12N2O4/c1-5-7(14-4-6(11)12)8(13-3)10(2)9-5/h4H2,1-3H3,(H,11,12). The zero-order chi connectivity index (χ0) is 10.7. The van der Waals surface area contributed by atoms with E-state index < -0.39 is 12.6 Å². The maximum Gasteiger partial charge on any atom is 0.341 e. The Morgan fingerprint density at radius 3 is 2.79 bits per heavy atom. The van der Waals surface area contributed by atoms with Gasteiger partial charge in [-0.25, -0.2) is 9.48 Å². The molecule has 1 heterocycles. The van der Waals surface area contributed by atoms with E-state index in [1.54, 1.807) is 14.0 Å². The van der Waals surface area contributed by atoms with Crippen molar-refractivity contribution < 1.29 is 19.4 Å². The Balaban J connectivity index is 2.88. The Morgan fingerprint density at radius 2 is 2.29 bits per heavy atom. The molecule has 14 heavy (non-hydrogen) atoms. The normalized spacial score (nSPS) is 9.93. The summed E-state index contributed by atoms with van der Waals surface area (Å²) in [6.45, 7) is 1.32. The molecule has 0 radical (unpaired) electrons. The van der Waals surface area contributed by atoms with Crippen molar-refractivity contribution in [1.29, 1.82) is 0 Å². The second-order valence-corrected chi connectivity index (χ2v) is 2.73. The van der Waals surface area contributed by atoms with Crippen LogP contribution in [0.25, 0.3) is 0 Å². The van der Waals surface area contributed by atoms with E-state index in [0.717, 1.165) is 0 Å².